The molecular formula is C19H21FN2O4. The largest absolute Gasteiger partial charge is 0.494 e. The Morgan fingerprint density at radius 3 is 2.38 bits per heavy atom. The van der Waals surface area contributed by atoms with Gasteiger partial charge in [0.05, 0.1) is 13.5 Å². The number of carbonyl (C=O) groups is 2. The van der Waals surface area contributed by atoms with Gasteiger partial charge in [0.25, 0.3) is 5.91 Å². The van der Waals surface area contributed by atoms with Crippen molar-refractivity contribution in [1.29, 1.82) is 0 Å². The summed E-state index contributed by atoms with van der Waals surface area (Å²) in [5, 5.41) is 2.73. The van der Waals surface area contributed by atoms with E-state index >= 15 is 0 Å². The second kappa shape index (κ2) is 8.84. The molecule has 0 radical (unpaired) electrons. The van der Waals surface area contributed by atoms with Gasteiger partial charge in [0.2, 0.25) is 5.91 Å². The molecule has 26 heavy (non-hydrogen) atoms. The molecule has 2 rings (SSSR count). The van der Waals surface area contributed by atoms with Crippen molar-refractivity contribution in [1.82, 2.24) is 4.90 Å². The third-order valence-corrected chi connectivity index (χ3v) is 3.58. The molecule has 2 amide bonds. The van der Waals surface area contributed by atoms with Crippen LogP contribution in [0.4, 0.5) is 10.1 Å². The Bertz CT molecular complexity index is 776. The van der Waals surface area contributed by atoms with Gasteiger partial charge in [-0.3, -0.25) is 9.59 Å². The van der Waals surface area contributed by atoms with Crippen LogP contribution in [-0.4, -0.2) is 44.5 Å². The number of likely N-dealkylation sites (N-methyl/N-ethyl adjacent to an activating group) is 1. The van der Waals surface area contributed by atoms with E-state index in [1.54, 1.807) is 44.4 Å². The van der Waals surface area contributed by atoms with E-state index in [1.165, 1.54) is 24.1 Å². The van der Waals surface area contributed by atoms with Crippen LogP contribution in [0.1, 0.15) is 5.56 Å². The van der Waals surface area contributed by atoms with E-state index in [0.29, 0.717) is 17.0 Å². The van der Waals surface area contributed by atoms with Gasteiger partial charge in [0, 0.05) is 19.8 Å². The quantitative estimate of drug-likeness (QED) is 0.824. The van der Waals surface area contributed by atoms with E-state index in [2.05, 4.69) is 5.32 Å². The molecule has 0 aliphatic heterocycles. The molecule has 2 aromatic rings. The van der Waals surface area contributed by atoms with Crippen LogP contribution in [0.25, 0.3) is 0 Å². The molecule has 0 spiro atoms. The van der Waals surface area contributed by atoms with Gasteiger partial charge in [-0.05, 0) is 42.0 Å². The van der Waals surface area contributed by atoms with Crippen LogP contribution in [-0.2, 0) is 16.0 Å². The summed E-state index contributed by atoms with van der Waals surface area (Å²) in [5.41, 5.74) is 1.12. The first-order valence-electron chi connectivity index (χ1n) is 7.94. The number of carbonyl (C=O) groups excluding carboxylic acids is 2. The number of amides is 2. The SMILES string of the molecule is COc1ccc(CC(=O)Nc2ccc(OCC(=O)N(C)C)cc2)cc1F. The number of hydrogen-bond donors (Lipinski definition) is 1. The third kappa shape index (κ3) is 5.47. The van der Waals surface area contributed by atoms with Crippen LogP contribution in [0.5, 0.6) is 11.5 Å². The van der Waals surface area contributed by atoms with Gasteiger partial charge in [-0.25, -0.2) is 4.39 Å². The molecule has 0 aromatic heterocycles. The zero-order chi connectivity index (χ0) is 19.1. The molecule has 138 valence electrons. The molecule has 0 bridgehead atoms. The van der Waals surface area contributed by atoms with Gasteiger partial charge in [0.15, 0.2) is 18.2 Å². The van der Waals surface area contributed by atoms with E-state index in [-0.39, 0.29) is 30.6 Å². The topological polar surface area (TPSA) is 67.9 Å². The number of nitrogens with zero attached hydrogens (tertiary/aromatic N) is 1. The van der Waals surface area contributed by atoms with Crippen LogP contribution in [0.2, 0.25) is 0 Å². The normalized spacial score (nSPS) is 10.2. The Morgan fingerprint density at radius 1 is 1.12 bits per heavy atom. The molecule has 6 nitrogen and oxygen atoms in total. The average molecular weight is 360 g/mol. The number of halogens is 1. The first-order valence-corrected chi connectivity index (χ1v) is 7.94. The van der Waals surface area contributed by atoms with E-state index in [0.717, 1.165) is 0 Å². The molecule has 0 atom stereocenters. The fourth-order valence-electron chi connectivity index (χ4n) is 2.12. The Hall–Kier alpha value is -3.09. The minimum absolute atomic E-state index is 0.0382. The molecule has 1 N–H and O–H groups in total. The minimum atomic E-state index is -0.508. The van der Waals surface area contributed by atoms with Crippen molar-refractivity contribution in [3.8, 4) is 11.5 Å². The lowest BCUT2D eigenvalue weighted by molar-refractivity contribution is -0.130. The molecule has 0 saturated heterocycles. The maximum atomic E-state index is 13.7. The number of hydrogen-bond acceptors (Lipinski definition) is 4. The maximum absolute atomic E-state index is 13.7. The van der Waals surface area contributed by atoms with Gasteiger partial charge in [0.1, 0.15) is 5.75 Å². The number of rotatable bonds is 7. The summed E-state index contributed by atoms with van der Waals surface area (Å²) in [4.78, 5) is 25.0. The summed E-state index contributed by atoms with van der Waals surface area (Å²) in [6, 6.07) is 11.1. The fourth-order valence-corrected chi connectivity index (χ4v) is 2.12. The summed E-state index contributed by atoms with van der Waals surface area (Å²) in [5.74, 6) is -0.264. The Kier molecular flexibility index (Phi) is 6.54. The number of anilines is 1. The summed E-state index contributed by atoms with van der Waals surface area (Å²) >= 11 is 0. The van der Waals surface area contributed by atoms with Crippen molar-refractivity contribution in [2.75, 3.05) is 33.1 Å². The van der Waals surface area contributed by atoms with Crippen molar-refractivity contribution in [2.45, 2.75) is 6.42 Å². The molecule has 0 unspecified atom stereocenters. The molecular weight excluding hydrogens is 339 g/mol. The van der Waals surface area contributed by atoms with E-state index in [1.807, 2.05) is 0 Å². The fraction of sp³-hybridized carbons (Fsp3) is 0.263. The molecule has 0 aliphatic rings. The second-order valence-corrected chi connectivity index (χ2v) is 5.80. The molecule has 0 fully saturated rings. The molecule has 2 aromatic carbocycles. The predicted molar refractivity (Wildman–Crippen MR) is 95.9 cm³/mol. The molecule has 0 aliphatic carbocycles. The van der Waals surface area contributed by atoms with Crippen molar-refractivity contribution < 1.29 is 23.5 Å². The Labute approximate surface area is 151 Å². The minimum Gasteiger partial charge on any atom is -0.494 e. The lowest BCUT2D eigenvalue weighted by Gasteiger charge is -2.12. The molecule has 0 saturated carbocycles. The smallest absolute Gasteiger partial charge is 0.259 e. The van der Waals surface area contributed by atoms with Crippen LogP contribution in [0, 0.1) is 5.82 Å². The van der Waals surface area contributed by atoms with Gasteiger partial charge in [-0.15, -0.1) is 0 Å². The van der Waals surface area contributed by atoms with Gasteiger partial charge in [-0.1, -0.05) is 6.07 Å². The second-order valence-electron chi connectivity index (χ2n) is 5.80. The van der Waals surface area contributed by atoms with E-state index in [4.69, 9.17) is 9.47 Å². The maximum Gasteiger partial charge on any atom is 0.259 e. The number of nitrogens with one attached hydrogen (secondary N) is 1. The lowest BCUT2D eigenvalue weighted by Crippen LogP contribution is -2.27. The van der Waals surface area contributed by atoms with Gasteiger partial charge in [-0.2, -0.15) is 0 Å². The summed E-state index contributed by atoms with van der Waals surface area (Å²) < 4.78 is 23.9. The zero-order valence-electron chi connectivity index (χ0n) is 14.9. The summed E-state index contributed by atoms with van der Waals surface area (Å²) in [6.07, 6.45) is 0.0382. The highest BCUT2D eigenvalue weighted by Gasteiger charge is 2.09. The van der Waals surface area contributed by atoms with Crippen molar-refractivity contribution in [3.63, 3.8) is 0 Å². The molecule has 7 heteroatoms. The Balaban J connectivity index is 1.89. The zero-order valence-corrected chi connectivity index (χ0v) is 14.9. The summed E-state index contributed by atoms with van der Waals surface area (Å²) in [6.45, 7) is -0.0538. The number of ether oxygens (including phenoxy) is 2. The predicted octanol–water partition coefficient (Wildman–Crippen LogP) is 2.48. The van der Waals surface area contributed by atoms with Crippen LogP contribution in [0.3, 0.4) is 0 Å². The first kappa shape index (κ1) is 19.2. The van der Waals surface area contributed by atoms with Crippen LogP contribution >= 0.6 is 0 Å². The van der Waals surface area contributed by atoms with Crippen molar-refractivity contribution in [3.05, 3.63) is 53.8 Å². The highest BCUT2D eigenvalue weighted by Crippen LogP contribution is 2.19. The molecule has 0 heterocycles. The van der Waals surface area contributed by atoms with Crippen molar-refractivity contribution in [2.24, 2.45) is 0 Å². The number of benzene rings is 2. The van der Waals surface area contributed by atoms with Gasteiger partial charge < -0.3 is 19.7 Å². The standard InChI is InChI=1S/C19H21FN2O4/c1-22(2)19(24)12-26-15-7-5-14(6-8-15)21-18(23)11-13-4-9-17(25-3)16(20)10-13/h4-10H,11-12H2,1-3H3,(H,21,23). The highest BCUT2D eigenvalue weighted by molar-refractivity contribution is 5.92. The monoisotopic (exact) mass is 360 g/mol. The lowest BCUT2D eigenvalue weighted by atomic mass is 10.1. The van der Waals surface area contributed by atoms with Crippen LogP contribution < -0.4 is 14.8 Å². The van der Waals surface area contributed by atoms with Crippen molar-refractivity contribution >= 4 is 17.5 Å². The van der Waals surface area contributed by atoms with E-state index in [9.17, 15) is 14.0 Å². The third-order valence-electron chi connectivity index (χ3n) is 3.58. The van der Waals surface area contributed by atoms with Crippen LogP contribution in [0.15, 0.2) is 42.5 Å². The summed E-state index contributed by atoms with van der Waals surface area (Å²) in [7, 11) is 4.69. The number of methoxy groups -OCH3 is 1. The highest BCUT2D eigenvalue weighted by atomic mass is 19.1. The average Bonchev–Trinajstić information content (AvgIpc) is 2.60. The van der Waals surface area contributed by atoms with Gasteiger partial charge >= 0.3 is 0 Å². The first-order chi connectivity index (χ1) is 12.4. The van der Waals surface area contributed by atoms with E-state index < -0.39 is 5.82 Å². The Morgan fingerprint density at radius 2 is 1.81 bits per heavy atom.